The molecular weight excluding hydrogens is 314 g/mol. The molecule has 5 nitrogen and oxygen atoms in total. The third kappa shape index (κ3) is 3.45. The predicted octanol–water partition coefficient (Wildman–Crippen LogP) is 3.65. The van der Waals surface area contributed by atoms with Crippen LogP contribution in [0.5, 0.6) is 5.75 Å². The molecule has 0 saturated carbocycles. The molecule has 3 aromatic rings. The topological polar surface area (TPSA) is 75.1 Å². The summed E-state index contributed by atoms with van der Waals surface area (Å²) in [5.74, 6) is 0.0291. The largest absolute Gasteiger partial charge is 0.505 e. The van der Waals surface area contributed by atoms with Crippen LogP contribution in [0.3, 0.4) is 0 Å². The second-order valence-electron chi connectivity index (χ2n) is 6.07. The number of carbonyl (C=O) groups is 1. The fourth-order valence-corrected chi connectivity index (χ4v) is 3.00. The van der Waals surface area contributed by atoms with Crippen LogP contribution in [-0.2, 0) is 4.79 Å². The minimum Gasteiger partial charge on any atom is -0.505 e. The summed E-state index contributed by atoms with van der Waals surface area (Å²) in [5, 5.41) is 14.7. The SMILES string of the molecule is CCCC(=O)NC(c1cccnc1)c1cc(C)c2cccnc2c1O. The molecule has 0 radical (unpaired) electrons. The first-order valence-corrected chi connectivity index (χ1v) is 8.38. The highest BCUT2D eigenvalue weighted by molar-refractivity contribution is 5.89. The van der Waals surface area contributed by atoms with Gasteiger partial charge in [-0.05, 0) is 42.7 Å². The number of aromatic nitrogens is 2. The number of aromatic hydroxyl groups is 1. The molecule has 0 bridgehead atoms. The lowest BCUT2D eigenvalue weighted by atomic mass is 9.94. The molecular formula is C20H21N3O2. The van der Waals surface area contributed by atoms with Crippen LogP contribution in [0.25, 0.3) is 10.9 Å². The predicted molar refractivity (Wildman–Crippen MR) is 97.3 cm³/mol. The zero-order valence-electron chi connectivity index (χ0n) is 14.4. The summed E-state index contributed by atoms with van der Waals surface area (Å²) in [6.07, 6.45) is 6.23. The second kappa shape index (κ2) is 7.30. The Morgan fingerprint density at radius 3 is 2.80 bits per heavy atom. The van der Waals surface area contributed by atoms with E-state index in [9.17, 15) is 9.90 Å². The highest BCUT2D eigenvalue weighted by Gasteiger charge is 2.22. The van der Waals surface area contributed by atoms with Crippen molar-refractivity contribution in [3.8, 4) is 5.75 Å². The summed E-state index contributed by atoms with van der Waals surface area (Å²) >= 11 is 0. The lowest BCUT2D eigenvalue weighted by Gasteiger charge is -2.22. The Morgan fingerprint density at radius 1 is 1.28 bits per heavy atom. The van der Waals surface area contributed by atoms with Crippen LogP contribution in [-0.4, -0.2) is 21.0 Å². The number of benzene rings is 1. The monoisotopic (exact) mass is 335 g/mol. The van der Waals surface area contributed by atoms with Crippen molar-refractivity contribution >= 4 is 16.8 Å². The van der Waals surface area contributed by atoms with E-state index in [0.717, 1.165) is 22.9 Å². The number of amides is 1. The first-order valence-electron chi connectivity index (χ1n) is 8.38. The van der Waals surface area contributed by atoms with Gasteiger partial charge in [0.05, 0.1) is 6.04 Å². The number of hydrogen-bond donors (Lipinski definition) is 2. The molecule has 3 rings (SSSR count). The fraction of sp³-hybridized carbons (Fsp3) is 0.250. The van der Waals surface area contributed by atoms with E-state index in [1.165, 1.54) is 0 Å². The smallest absolute Gasteiger partial charge is 0.220 e. The Bertz CT molecular complexity index is 894. The average Bonchev–Trinajstić information content (AvgIpc) is 2.64. The van der Waals surface area contributed by atoms with Crippen molar-refractivity contribution in [2.75, 3.05) is 0 Å². The Balaban J connectivity index is 2.14. The molecule has 0 aliphatic carbocycles. The van der Waals surface area contributed by atoms with Gasteiger partial charge in [-0.2, -0.15) is 0 Å². The maximum atomic E-state index is 12.2. The number of nitrogens with zero attached hydrogens (tertiary/aromatic N) is 2. The lowest BCUT2D eigenvalue weighted by Crippen LogP contribution is -2.29. The van der Waals surface area contributed by atoms with Gasteiger partial charge in [0.2, 0.25) is 5.91 Å². The van der Waals surface area contributed by atoms with Gasteiger partial charge in [-0.25, -0.2) is 0 Å². The fourth-order valence-electron chi connectivity index (χ4n) is 3.00. The standard InChI is InChI=1S/C20H21N3O2/c1-3-6-17(24)23-18(14-7-4-9-21-12-14)16-11-13(2)15-8-5-10-22-19(15)20(16)25/h4-5,7-12,18,25H,3,6H2,1-2H3,(H,23,24). The molecule has 0 saturated heterocycles. The minimum absolute atomic E-state index is 0.0606. The summed E-state index contributed by atoms with van der Waals surface area (Å²) in [6.45, 7) is 3.93. The van der Waals surface area contributed by atoms with Crippen LogP contribution >= 0.6 is 0 Å². The zero-order valence-corrected chi connectivity index (χ0v) is 14.4. The summed E-state index contributed by atoms with van der Waals surface area (Å²) in [7, 11) is 0. The average molecular weight is 335 g/mol. The molecule has 1 amide bonds. The third-order valence-corrected chi connectivity index (χ3v) is 4.21. The molecule has 1 atom stereocenters. The summed E-state index contributed by atoms with van der Waals surface area (Å²) in [4.78, 5) is 20.7. The third-order valence-electron chi connectivity index (χ3n) is 4.21. The lowest BCUT2D eigenvalue weighted by molar-refractivity contribution is -0.121. The number of fused-ring (bicyclic) bond motifs is 1. The van der Waals surface area contributed by atoms with Crippen LogP contribution in [0.2, 0.25) is 0 Å². The van der Waals surface area contributed by atoms with Gasteiger partial charge in [0, 0.05) is 36.0 Å². The van der Waals surface area contributed by atoms with Gasteiger partial charge in [0.15, 0.2) is 0 Å². The molecule has 2 heterocycles. The van der Waals surface area contributed by atoms with Crippen molar-refractivity contribution < 1.29 is 9.90 Å². The van der Waals surface area contributed by atoms with Crippen molar-refractivity contribution in [2.45, 2.75) is 32.7 Å². The molecule has 25 heavy (non-hydrogen) atoms. The van der Waals surface area contributed by atoms with Crippen LogP contribution < -0.4 is 5.32 Å². The molecule has 2 N–H and O–H groups in total. The summed E-state index contributed by atoms with van der Waals surface area (Å²) in [6, 6.07) is 8.91. The number of nitrogens with one attached hydrogen (secondary N) is 1. The van der Waals surface area contributed by atoms with E-state index in [2.05, 4.69) is 15.3 Å². The van der Waals surface area contributed by atoms with E-state index in [4.69, 9.17) is 0 Å². The number of phenols is 1. The Morgan fingerprint density at radius 2 is 2.08 bits per heavy atom. The van der Waals surface area contributed by atoms with Crippen LogP contribution in [0.4, 0.5) is 0 Å². The maximum absolute atomic E-state index is 12.2. The molecule has 0 fully saturated rings. The first-order chi connectivity index (χ1) is 12.1. The van der Waals surface area contributed by atoms with E-state index in [0.29, 0.717) is 17.5 Å². The molecule has 5 heteroatoms. The molecule has 128 valence electrons. The van der Waals surface area contributed by atoms with Gasteiger partial charge in [-0.3, -0.25) is 14.8 Å². The van der Waals surface area contributed by atoms with Crippen LogP contribution in [0.1, 0.15) is 42.5 Å². The maximum Gasteiger partial charge on any atom is 0.220 e. The molecule has 0 aliphatic rings. The van der Waals surface area contributed by atoms with Gasteiger partial charge in [-0.1, -0.05) is 19.1 Å². The second-order valence-corrected chi connectivity index (χ2v) is 6.07. The van der Waals surface area contributed by atoms with E-state index >= 15 is 0 Å². The van der Waals surface area contributed by atoms with Crippen LogP contribution in [0.15, 0.2) is 48.9 Å². The number of phenolic OH excluding ortho intramolecular Hbond substituents is 1. The van der Waals surface area contributed by atoms with E-state index in [-0.39, 0.29) is 11.7 Å². The van der Waals surface area contributed by atoms with Crippen molar-refractivity contribution in [3.05, 3.63) is 65.6 Å². The molecule has 1 aromatic carbocycles. The van der Waals surface area contributed by atoms with E-state index < -0.39 is 6.04 Å². The van der Waals surface area contributed by atoms with Crippen molar-refractivity contribution in [1.82, 2.24) is 15.3 Å². The first kappa shape index (κ1) is 16.9. The Labute approximate surface area is 146 Å². The van der Waals surface area contributed by atoms with Crippen molar-refractivity contribution in [1.29, 1.82) is 0 Å². The molecule has 2 aromatic heterocycles. The number of aryl methyl sites for hydroxylation is 1. The number of pyridine rings is 2. The Kier molecular flexibility index (Phi) is 4.93. The molecule has 0 spiro atoms. The van der Waals surface area contributed by atoms with Gasteiger partial charge < -0.3 is 10.4 Å². The zero-order chi connectivity index (χ0) is 17.8. The Hall–Kier alpha value is -2.95. The van der Waals surface area contributed by atoms with Crippen molar-refractivity contribution in [2.24, 2.45) is 0 Å². The van der Waals surface area contributed by atoms with E-state index in [1.807, 2.05) is 44.2 Å². The normalized spacial score (nSPS) is 12.1. The quantitative estimate of drug-likeness (QED) is 0.746. The minimum atomic E-state index is -0.474. The molecule has 0 aliphatic heterocycles. The van der Waals surface area contributed by atoms with Crippen molar-refractivity contribution in [3.63, 3.8) is 0 Å². The highest BCUT2D eigenvalue weighted by atomic mass is 16.3. The van der Waals surface area contributed by atoms with Gasteiger partial charge in [-0.15, -0.1) is 0 Å². The van der Waals surface area contributed by atoms with Gasteiger partial charge in [0.25, 0.3) is 0 Å². The summed E-state index contributed by atoms with van der Waals surface area (Å²) < 4.78 is 0. The molecule has 1 unspecified atom stereocenters. The van der Waals surface area contributed by atoms with E-state index in [1.54, 1.807) is 18.6 Å². The van der Waals surface area contributed by atoms with Gasteiger partial charge in [0.1, 0.15) is 11.3 Å². The number of rotatable bonds is 5. The highest BCUT2D eigenvalue weighted by Crippen LogP contribution is 2.36. The number of hydrogen-bond acceptors (Lipinski definition) is 4. The summed E-state index contributed by atoms with van der Waals surface area (Å²) in [5.41, 5.74) is 2.98. The van der Waals surface area contributed by atoms with Crippen LogP contribution in [0, 0.1) is 6.92 Å². The van der Waals surface area contributed by atoms with Gasteiger partial charge >= 0.3 is 0 Å². The number of carbonyl (C=O) groups excluding carboxylic acids is 1.